The first kappa shape index (κ1) is 13.2. The molecule has 1 aromatic carbocycles. The van der Waals surface area contributed by atoms with Crippen LogP contribution in [0.15, 0.2) is 18.2 Å². The van der Waals surface area contributed by atoms with Crippen molar-refractivity contribution in [3.05, 3.63) is 39.4 Å². The van der Waals surface area contributed by atoms with Gasteiger partial charge in [0.05, 0.1) is 17.6 Å². The van der Waals surface area contributed by atoms with Crippen LogP contribution in [0.2, 0.25) is 0 Å². The molecule has 0 saturated carbocycles. The fraction of sp³-hybridized carbons (Fsp3) is 0.167. The van der Waals surface area contributed by atoms with E-state index >= 15 is 0 Å². The first-order valence-electron chi connectivity index (χ1n) is 4.82. The van der Waals surface area contributed by atoms with Crippen molar-refractivity contribution in [2.75, 3.05) is 7.11 Å². The molecule has 0 saturated heterocycles. The second-order valence-corrected chi connectivity index (χ2v) is 3.15. The molecule has 0 N–H and O–H groups in total. The Hall–Kier alpha value is -2.86. The molecule has 0 aliphatic rings. The van der Waals surface area contributed by atoms with Gasteiger partial charge in [-0.05, 0) is 6.07 Å². The Morgan fingerprint density at radius 1 is 1.50 bits per heavy atom. The van der Waals surface area contributed by atoms with E-state index in [0.29, 0.717) is 5.56 Å². The number of benzene rings is 1. The summed E-state index contributed by atoms with van der Waals surface area (Å²) in [5.41, 5.74) is 0.263. The molecule has 0 amide bonds. The molecule has 0 heterocycles. The second kappa shape index (κ2) is 6.02. The van der Waals surface area contributed by atoms with E-state index in [1.165, 1.54) is 19.2 Å². The van der Waals surface area contributed by atoms with Gasteiger partial charge in [0.15, 0.2) is 0 Å². The molecule has 1 aromatic rings. The van der Waals surface area contributed by atoms with E-state index in [4.69, 9.17) is 5.26 Å². The highest BCUT2D eigenvalue weighted by atomic mass is 16.6. The Kier molecular flexibility index (Phi) is 4.42. The van der Waals surface area contributed by atoms with Crippen molar-refractivity contribution >= 4 is 11.7 Å². The van der Waals surface area contributed by atoms with Gasteiger partial charge >= 0.3 is 5.97 Å². The van der Waals surface area contributed by atoms with Gasteiger partial charge in [0.2, 0.25) is 0 Å². The average Bonchev–Trinajstić information content (AvgIpc) is 2.38. The lowest BCUT2D eigenvalue weighted by atomic mass is 10.1. The highest BCUT2D eigenvalue weighted by Crippen LogP contribution is 2.16. The summed E-state index contributed by atoms with van der Waals surface area (Å²) in [5.74, 6) is 4.65. The van der Waals surface area contributed by atoms with Crippen LogP contribution in [0.5, 0.6) is 0 Å². The van der Waals surface area contributed by atoms with Crippen LogP contribution in [0.4, 0.5) is 5.69 Å². The van der Waals surface area contributed by atoms with Gasteiger partial charge in [-0.3, -0.25) is 14.9 Å². The van der Waals surface area contributed by atoms with E-state index in [-0.39, 0.29) is 17.7 Å². The van der Waals surface area contributed by atoms with Gasteiger partial charge in [-0.25, -0.2) is 0 Å². The number of carbonyl (C=O) groups excluding carboxylic acids is 1. The topological polar surface area (TPSA) is 93.2 Å². The summed E-state index contributed by atoms with van der Waals surface area (Å²) < 4.78 is 4.40. The van der Waals surface area contributed by atoms with Crippen molar-refractivity contribution < 1.29 is 14.5 Å². The first-order valence-corrected chi connectivity index (χ1v) is 4.82. The van der Waals surface area contributed by atoms with Crippen LogP contribution in [0, 0.1) is 33.3 Å². The fourth-order valence-electron chi connectivity index (χ4n) is 1.13. The maximum absolute atomic E-state index is 10.8. The maximum Gasteiger partial charge on any atom is 0.317 e. The zero-order chi connectivity index (χ0) is 13.5. The summed E-state index contributed by atoms with van der Waals surface area (Å²) >= 11 is 0. The molecule has 0 radical (unpaired) electrons. The molecule has 0 unspecified atom stereocenters. The van der Waals surface area contributed by atoms with E-state index in [2.05, 4.69) is 16.6 Å². The minimum absolute atomic E-state index is 0.0987. The van der Waals surface area contributed by atoms with Gasteiger partial charge in [-0.15, -0.1) is 0 Å². The molecule has 18 heavy (non-hydrogen) atoms. The minimum Gasteiger partial charge on any atom is -0.468 e. The van der Waals surface area contributed by atoms with Crippen LogP contribution in [-0.4, -0.2) is 18.0 Å². The second-order valence-electron chi connectivity index (χ2n) is 3.15. The smallest absolute Gasteiger partial charge is 0.317 e. The third-order valence-corrected chi connectivity index (χ3v) is 2.02. The number of rotatable bonds is 2. The Bertz CT molecular complexity index is 590. The van der Waals surface area contributed by atoms with Crippen LogP contribution in [-0.2, 0) is 9.53 Å². The Labute approximate surface area is 103 Å². The number of esters is 1. The standard InChI is InChI=1S/C12H8N2O4/c1-18-12(15)4-2-3-9-5-6-11(14(16)17)7-10(9)8-13/h5-7H,4H2,1H3. The number of nitro benzene ring substituents is 1. The molecule has 90 valence electrons. The monoisotopic (exact) mass is 244 g/mol. The van der Waals surface area contributed by atoms with Crippen molar-refractivity contribution in [2.24, 2.45) is 0 Å². The summed E-state index contributed by atoms with van der Waals surface area (Å²) in [6.07, 6.45) is -0.0989. The average molecular weight is 244 g/mol. The summed E-state index contributed by atoms with van der Waals surface area (Å²) in [6.45, 7) is 0. The number of hydrogen-bond donors (Lipinski definition) is 0. The van der Waals surface area contributed by atoms with Crippen LogP contribution in [0.25, 0.3) is 0 Å². The molecular formula is C12H8N2O4. The highest BCUT2D eigenvalue weighted by molar-refractivity contribution is 5.72. The highest BCUT2D eigenvalue weighted by Gasteiger charge is 2.09. The number of ether oxygens (including phenoxy) is 1. The third kappa shape index (κ3) is 3.32. The number of nitrogens with zero attached hydrogens (tertiary/aromatic N) is 2. The Morgan fingerprint density at radius 2 is 2.22 bits per heavy atom. The van der Waals surface area contributed by atoms with Gasteiger partial charge < -0.3 is 4.74 Å². The SMILES string of the molecule is COC(=O)CC#Cc1ccc([N+](=O)[O-])cc1C#N. The number of hydrogen-bond acceptors (Lipinski definition) is 5. The fourth-order valence-corrected chi connectivity index (χ4v) is 1.13. The van der Waals surface area contributed by atoms with Gasteiger partial charge in [-0.1, -0.05) is 11.8 Å². The molecule has 0 aliphatic carbocycles. The van der Waals surface area contributed by atoms with Crippen molar-refractivity contribution in [3.63, 3.8) is 0 Å². The Balaban J connectivity index is 3.00. The van der Waals surface area contributed by atoms with Crippen LogP contribution < -0.4 is 0 Å². The third-order valence-electron chi connectivity index (χ3n) is 2.02. The molecule has 0 bridgehead atoms. The predicted molar refractivity (Wildman–Crippen MR) is 61.3 cm³/mol. The lowest BCUT2D eigenvalue weighted by Gasteiger charge is -1.95. The number of carbonyl (C=O) groups is 1. The summed E-state index contributed by atoms with van der Waals surface area (Å²) in [5, 5.41) is 19.4. The van der Waals surface area contributed by atoms with Crippen molar-refractivity contribution in [3.8, 4) is 17.9 Å². The number of nitriles is 1. The Morgan fingerprint density at radius 3 is 2.78 bits per heavy atom. The van der Waals surface area contributed by atoms with E-state index in [0.717, 1.165) is 6.07 Å². The molecule has 6 heteroatoms. The van der Waals surface area contributed by atoms with Crippen LogP contribution >= 0.6 is 0 Å². The summed E-state index contributed by atoms with van der Waals surface area (Å²) in [4.78, 5) is 20.8. The van der Waals surface area contributed by atoms with Crippen molar-refractivity contribution in [2.45, 2.75) is 6.42 Å². The van der Waals surface area contributed by atoms with E-state index in [1.54, 1.807) is 0 Å². The lowest BCUT2D eigenvalue weighted by molar-refractivity contribution is -0.384. The van der Waals surface area contributed by atoms with Gasteiger partial charge in [0.1, 0.15) is 12.5 Å². The zero-order valence-corrected chi connectivity index (χ0v) is 9.47. The molecular weight excluding hydrogens is 236 g/mol. The number of nitro groups is 1. The molecule has 6 nitrogen and oxygen atoms in total. The molecule has 0 aromatic heterocycles. The zero-order valence-electron chi connectivity index (χ0n) is 9.47. The predicted octanol–water partition coefficient (Wildman–Crippen LogP) is 1.38. The van der Waals surface area contributed by atoms with Crippen molar-refractivity contribution in [1.82, 2.24) is 0 Å². The van der Waals surface area contributed by atoms with Crippen molar-refractivity contribution in [1.29, 1.82) is 5.26 Å². The quantitative estimate of drug-likeness (QED) is 0.339. The number of non-ortho nitro benzene ring substituents is 1. The first-order chi connectivity index (χ1) is 8.58. The van der Waals surface area contributed by atoms with Crippen LogP contribution in [0.1, 0.15) is 17.5 Å². The normalized spacial score (nSPS) is 8.67. The molecule has 0 fully saturated rings. The van der Waals surface area contributed by atoms with Gasteiger partial charge in [0, 0.05) is 17.7 Å². The number of methoxy groups -OCH3 is 1. The largest absolute Gasteiger partial charge is 0.468 e. The van der Waals surface area contributed by atoms with Gasteiger partial charge in [0.25, 0.3) is 5.69 Å². The summed E-state index contributed by atoms with van der Waals surface area (Å²) in [6, 6.07) is 5.59. The molecule has 0 atom stereocenters. The van der Waals surface area contributed by atoms with Crippen LogP contribution in [0.3, 0.4) is 0 Å². The summed E-state index contributed by atoms with van der Waals surface area (Å²) in [7, 11) is 1.25. The maximum atomic E-state index is 10.8. The van der Waals surface area contributed by atoms with E-state index in [9.17, 15) is 14.9 Å². The molecule has 0 spiro atoms. The minimum atomic E-state index is -0.591. The van der Waals surface area contributed by atoms with E-state index < -0.39 is 10.9 Å². The molecule has 0 aliphatic heterocycles. The molecule has 1 rings (SSSR count). The lowest BCUT2D eigenvalue weighted by Crippen LogP contribution is -1.97. The van der Waals surface area contributed by atoms with E-state index in [1.807, 2.05) is 6.07 Å². The van der Waals surface area contributed by atoms with Gasteiger partial charge in [-0.2, -0.15) is 5.26 Å².